The summed E-state index contributed by atoms with van der Waals surface area (Å²) in [5, 5.41) is 2.27. The number of benzene rings is 2. The second-order valence-corrected chi connectivity index (χ2v) is 7.37. The average molecular weight is 367 g/mol. The van der Waals surface area contributed by atoms with E-state index in [9.17, 15) is 0 Å². The summed E-state index contributed by atoms with van der Waals surface area (Å²) < 4.78 is 23.5. The third-order valence-electron chi connectivity index (χ3n) is 5.35. The van der Waals surface area contributed by atoms with Crippen molar-refractivity contribution in [2.75, 3.05) is 13.2 Å². The van der Waals surface area contributed by atoms with Crippen LogP contribution in [0, 0.1) is 0 Å². The van der Waals surface area contributed by atoms with Gasteiger partial charge in [0.15, 0.2) is 12.6 Å². The van der Waals surface area contributed by atoms with E-state index in [2.05, 4.69) is 29.2 Å². The first-order chi connectivity index (χ1) is 13.3. The van der Waals surface area contributed by atoms with Crippen molar-refractivity contribution in [3.05, 3.63) is 36.4 Å². The number of hydrogen-bond donors (Lipinski definition) is 1. The Kier molecular flexibility index (Phi) is 4.64. The zero-order valence-corrected chi connectivity index (χ0v) is 15.4. The fourth-order valence-electron chi connectivity index (χ4n) is 3.91. The first-order valence-electron chi connectivity index (χ1n) is 9.97. The molecule has 5 heteroatoms. The molecule has 0 aliphatic carbocycles. The third kappa shape index (κ3) is 3.62. The van der Waals surface area contributed by atoms with Crippen molar-refractivity contribution in [1.29, 1.82) is 0 Å². The Balaban J connectivity index is 1.43. The molecule has 1 aromatic heterocycles. The summed E-state index contributed by atoms with van der Waals surface area (Å²) in [5.74, 6) is 1.69. The molecule has 0 bridgehead atoms. The van der Waals surface area contributed by atoms with E-state index >= 15 is 0 Å². The van der Waals surface area contributed by atoms with Crippen LogP contribution in [-0.2, 0) is 9.47 Å². The molecule has 0 saturated carbocycles. The summed E-state index contributed by atoms with van der Waals surface area (Å²) in [4.78, 5) is 3.47. The maximum absolute atomic E-state index is 6.05. The summed E-state index contributed by atoms with van der Waals surface area (Å²) in [7, 11) is 0. The lowest BCUT2D eigenvalue weighted by Crippen LogP contribution is -2.24. The molecule has 142 valence electrons. The van der Waals surface area contributed by atoms with Crippen LogP contribution in [0.3, 0.4) is 0 Å². The van der Waals surface area contributed by atoms with Crippen molar-refractivity contribution in [3.63, 3.8) is 0 Å². The van der Waals surface area contributed by atoms with Gasteiger partial charge in [0.25, 0.3) is 0 Å². The summed E-state index contributed by atoms with van der Waals surface area (Å²) in [5.41, 5.74) is 2.18. The van der Waals surface area contributed by atoms with Crippen LogP contribution in [0.5, 0.6) is 11.5 Å². The van der Waals surface area contributed by atoms with E-state index in [4.69, 9.17) is 18.9 Å². The lowest BCUT2D eigenvalue weighted by Gasteiger charge is -2.23. The lowest BCUT2D eigenvalue weighted by atomic mass is 10.1. The van der Waals surface area contributed by atoms with Gasteiger partial charge in [0.1, 0.15) is 11.5 Å². The van der Waals surface area contributed by atoms with Gasteiger partial charge in [-0.25, -0.2) is 0 Å². The van der Waals surface area contributed by atoms with Gasteiger partial charge < -0.3 is 23.9 Å². The smallest absolute Gasteiger partial charge is 0.199 e. The van der Waals surface area contributed by atoms with Crippen LogP contribution in [0.25, 0.3) is 21.8 Å². The van der Waals surface area contributed by atoms with E-state index in [1.807, 2.05) is 12.1 Å². The largest absolute Gasteiger partial charge is 0.465 e. The molecule has 3 heterocycles. The number of hydrogen-bond acceptors (Lipinski definition) is 4. The fraction of sp³-hybridized carbons (Fsp3) is 0.455. The number of H-pyrrole nitrogens is 1. The van der Waals surface area contributed by atoms with Crippen LogP contribution in [0.4, 0.5) is 0 Å². The summed E-state index contributed by atoms with van der Waals surface area (Å²) in [6.07, 6.45) is 6.18. The van der Waals surface area contributed by atoms with Gasteiger partial charge in [-0.3, -0.25) is 0 Å². The molecule has 2 aliphatic rings. The maximum Gasteiger partial charge on any atom is 0.199 e. The molecule has 5 rings (SSSR count). The number of aromatic nitrogens is 1. The molecule has 0 radical (unpaired) electrons. The number of ether oxygens (including phenoxy) is 4. The SMILES string of the molecule is c1cc2[nH]c3ccc(OC4CCCCO4)cc3c2cc1OC1CCCCO1. The Morgan fingerprint density at radius 2 is 1.22 bits per heavy atom. The van der Waals surface area contributed by atoms with Crippen LogP contribution >= 0.6 is 0 Å². The molecule has 2 aromatic carbocycles. The predicted molar refractivity (Wildman–Crippen MR) is 104 cm³/mol. The van der Waals surface area contributed by atoms with Gasteiger partial charge in [0.05, 0.1) is 13.2 Å². The molecule has 1 N–H and O–H groups in total. The third-order valence-corrected chi connectivity index (χ3v) is 5.35. The normalized spacial score (nSPS) is 23.6. The molecular weight excluding hydrogens is 342 g/mol. The molecule has 2 saturated heterocycles. The Labute approximate surface area is 158 Å². The van der Waals surface area contributed by atoms with Gasteiger partial charge in [0, 0.05) is 34.6 Å². The highest BCUT2D eigenvalue weighted by Crippen LogP contribution is 2.32. The molecule has 2 aliphatic heterocycles. The summed E-state index contributed by atoms with van der Waals surface area (Å²) in [6, 6.07) is 12.3. The molecule has 5 nitrogen and oxygen atoms in total. The highest BCUT2D eigenvalue weighted by atomic mass is 16.7. The van der Waals surface area contributed by atoms with Gasteiger partial charge in [-0.15, -0.1) is 0 Å². The number of nitrogens with one attached hydrogen (secondary N) is 1. The first kappa shape index (κ1) is 16.9. The molecule has 27 heavy (non-hydrogen) atoms. The van der Waals surface area contributed by atoms with E-state index in [1.54, 1.807) is 0 Å². The van der Waals surface area contributed by atoms with Crippen molar-refractivity contribution in [1.82, 2.24) is 4.98 Å². The molecule has 0 amide bonds. The minimum absolute atomic E-state index is 0.135. The van der Waals surface area contributed by atoms with Crippen LogP contribution in [-0.4, -0.2) is 30.8 Å². The lowest BCUT2D eigenvalue weighted by molar-refractivity contribution is -0.106. The fourth-order valence-corrected chi connectivity index (χ4v) is 3.91. The second kappa shape index (κ2) is 7.41. The summed E-state index contributed by atoms with van der Waals surface area (Å²) >= 11 is 0. The minimum atomic E-state index is -0.135. The quantitative estimate of drug-likeness (QED) is 0.694. The Bertz CT molecular complexity index is 848. The molecule has 3 aromatic rings. The minimum Gasteiger partial charge on any atom is -0.465 e. The van der Waals surface area contributed by atoms with Crippen LogP contribution in [0.2, 0.25) is 0 Å². The highest BCUT2D eigenvalue weighted by Gasteiger charge is 2.17. The van der Waals surface area contributed by atoms with Crippen molar-refractivity contribution in [3.8, 4) is 11.5 Å². The number of aromatic amines is 1. The van der Waals surface area contributed by atoms with Gasteiger partial charge in [0.2, 0.25) is 0 Å². The standard InChI is InChI=1S/C22H25NO4/c1-3-11-24-21(5-1)26-15-7-9-19-17(13-15)18-14-16(8-10-20(18)23-19)27-22-6-2-4-12-25-22/h7-10,13-14,21-23H,1-6,11-12H2. The van der Waals surface area contributed by atoms with E-state index < -0.39 is 0 Å². The van der Waals surface area contributed by atoms with Crippen LogP contribution in [0.1, 0.15) is 38.5 Å². The predicted octanol–water partition coefficient (Wildman–Crippen LogP) is 5.13. The topological polar surface area (TPSA) is 52.7 Å². The molecule has 2 unspecified atom stereocenters. The molecule has 2 atom stereocenters. The van der Waals surface area contributed by atoms with Crippen molar-refractivity contribution in [2.45, 2.75) is 51.1 Å². The summed E-state index contributed by atoms with van der Waals surface area (Å²) in [6.45, 7) is 1.56. The Morgan fingerprint density at radius 1 is 0.704 bits per heavy atom. The Hall–Kier alpha value is -2.24. The van der Waals surface area contributed by atoms with Gasteiger partial charge >= 0.3 is 0 Å². The van der Waals surface area contributed by atoms with Crippen LogP contribution < -0.4 is 9.47 Å². The van der Waals surface area contributed by atoms with Crippen LogP contribution in [0.15, 0.2) is 36.4 Å². The average Bonchev–Trinajstić information content (AvgIpc) is 3.07. The molecule has 0 spiro atoms. The van der Waals surface area contributed by atoms with Crippen molar-refractivity contribution < 1.29 is 18.9 Å². The van der Waals surface area contributed by atoms with Gasteiger partial charge in [-0.2, -0.15) is 0 Å². The Morgan fingerprint density at radius 3 is 1.67 bits per heavy atom. The molecular formula is C22H25NO4. The number of fused-ring (bicyclic) bond motifs is 3. The monoisotopic (exact) mass is 367 g/mol. The van der Waals surface area contributed by atoms with Gasteiger partial charge in [-0.05, 0) is 62.1 Å². The number of rotatable bonds is 4. The zero-order valence-electron chi connectivity index (χ0n) is 15.4. The first-order valence-corrected chi connectivity index (χ1v) is 9.97. The second-order valence-electron chi connectivity index (χ2n) is 7.37. The van der Waals surface area contributed by atoms with E-state index in [0.717, 1.165) is 85.0 Å². The highest BCUT2D eigenvalue weighted by molar-refractivity contribution is 6.08. The maximum atomic E-state index is 6.05. The van der Waals surface area contributed by atoms with Crippen molar-refractivity contribution in [2.24, 2.45) is 0 Å². The molecule has 2 fully saturated rings. The van der Waals surface area contributed by atoms with E-state index in [-0.39, 0.29) is 12.6 Å². The van der Waals surface area contributed by atoms with E-state index in [0.29, 0.717) is 0 Å². The van der Waals surface area contributed by atoms with E-state index in [1.165, 1.54) is 0 Å². The zero-order chi connectivity index (χ0) is 18.1. The van der Waals surface area contributed by atoms with Crippen molar-refractivity contribution >= 4 is 21.8 Å². The van der Waals surface area contributed by atoms with Gasteiger partial charge in [-0.1, -0.05) is 0 Å².